The number of thiazole rings is 1. The Balaban J connectivity index is 2.19. The standard InChI is InChI=1S/C10H6N4OS/c15-14-5-2-8-7(6-14)13-10(16-8)9-11-3-1-4-12-9/h1-6H. The van der Waals surface area contributed by atoms with Crippen molar-refractivity contribution in [2.45, 2.75) is 0 Å². The molecule has 0 aliphatic heterocycles. The fourth-order valence-electron chi connectivity index (χ4n) is 1.37. The Hall–Kier alpha value is -2.08. The molecule has 0 radical (unpaired) electrons. The zero-order valence-electron chi connectivity index (χ0n) is 8.07. The van der Waals surface area contributed by atoms with Gasteiger partial charge in [-0.2, -0.15) is 4.73 Å². The topological polar surface area (TPSA) is 65.6 Å². The number of hydrogen-bond donors (Lipinski definition) is 0. The number of hydrogen-bond acceptors (Lipinski definition) is 5. The van der Waals surface area contributed by atoms with Crippen molar-refractivity contribution in [3.05, 3.63) is 42.1 Å². The van der Waals surface area contributed by atoms with Gasteiger partial charge in [0, 0.05) is 18.5 Å². The zero-order chi connectivity index (χ0) is 11.0. The number of pyridine rings is 1. The Labute approximate surface area is 94.6 Å². The predicted molar refractivity (Wildman–Crippen MR) is 59.6 cm³/mol. The van der Waals surface area contributed by atoms with Crippen LogP contribution >= 0.6 is 11.3 Å². The normalized spacial score (nSPS) is 10.8. The molecule has 0 unspecified atom stereocenters. The van der Waals surface area contributed by atoms with E-state index < -0.39 is 0 Å². The third kappa shape index (κ3) is 1.49. The summed E-state index contributed by atoms with van der Waals surface area (Å²) >= 11 is 1.47. The first-order valence-electron chi connectivity index (χ1n) is 4.60. The maximum atomic E-state index is 11.1. The minimum atomic E-state index is 0.584. The van der Waals surface area contributed by atoms with Gasteiger partial charge in [-0.05, 0) is 6.07 Å². The molecule has 3 aromatic rings. The second-order valence-electron chi connectivity index (χ2n) is 3.15. The van der Waals surface area contributed by atoms with E-state index in [0.29, 0.717) is 11.3 Å². The summed E-state index contributed by atoms with van der Waals surface area (Å²) in [5.41, 5.74) is 0.671. The molecule has 0 amide bonds. The van der Waals surface area contributed by atoms with Crippen molar-refractivity contribution in [1.29, 1.82) is 0 Å². The number of aromatic nitrogens is 4. The molecule has 0 saturated carbocycles. The highest BCUT2D eigenvalue weighted by Crippen LogP contribution is 2.26. The van der Waals surface area contributed by atoms with Crippen LogP contribution < -0.4 is 4.73 Å². The molecular formula is C10H6N4OS. The Morgan fingerprint density at radius 1 is 1.25 bits per heavy atom. The van der Waals surface area contributed by atoms with Crippen LogP contribution in [0.25, 0.3) is 21.0 Å². The van der Waals surface area contributed by atoms with Crippen molar-refractivity contribution in [2.75, 3.05) is 0 Å². The van der Waals surface area contributed by atoms with E-state index >= 15 is 0 Å². The molecule has 16 heavy (non-hydrogen) atoms. The van der Waals surface area contributed by atoms with Crippen molar-refractivity contribution in [2.24, 2.45) is 0 Å². The van der Waals surface area contributed by atoms with Gasteiger partial charge in [0.2, 0.25) is 6.20 Å². The van der Waals surface area contributed by atoms with Gasteiger partial charge in [-0.15, -0.1) is 11.3 Å². The summed E-state index contributed by atoms with van der Waals surface area (Å²) in [5.74, 6) is 0.584. The SMILES string of the molecule is [O-][n+]1ccc2sc(-c3ncccn3)nc2c1. The van der Waals surface area contributed by atoms with Gasteiger partial charge in [-0.1, -0.05) is 0 Å². The molecule has 3 heterocycles. The fourth-order valence-corrected chi connectivity index (χ4v) is 2.25. The van der Waals surface area contributed by atoms with Gasteiger partial charge in [0.1, 0.15) is 5.52 Å². The van der Waals surface area contributed by atoms with Crippen LogP contribution in [0.5, 0.6) is 0 Å². The second-order valence-corrected chi connectivity index (χ2v) is 4.18. The van der Waals surface area contributed by atoms with E-state index in [0.717, 1.165) is 14.4 Å². The van der Waals surface area contributed by atoms with Crippen LogP contribution in [-0.4, -0.2) is 15.0 Å². The predicted octanol–water partition coefficient (Wildman–Crippen LogP) is 1.39. The summed E-state index contributed by atoms with van der Waals surface area (Å²) in [4.78, 5) is 12.6. The van der Waals surface area contributed by atoms with Crippen molar-refractivity contribution >= 4 is 21.6 Å². The largest absolute Gasteiger partial charge is 0.619 e. The van der Waals surface area contributed by atoms with Crippen LogP contribution in [0.2, 0.25) is 0 Å². The van der Waals surface area contributed by atoms with Crippen LogP contribution in [0.4, 0.5) is 0 Å². The molecule has 0 aromatic carbocycles. The highest BCUT2D eigenvalue weighted by Gasteiger charge is 2.09. The second kappa shape index (κ2) is 3.49. The Morgan fingerprint density at radius 2 is 2.06 bits per heavy atom. The lowest BCUT2D eigenvalue weighted by molar-refractivity contribution is -0.603. The van der Waals surface area contributed by atoms with Crippen LogP contribution in [0.3, 0.4) is 0 Å². The van der Waals surface area contributed by atoms with Gasteiger partial charge in [-0.25, -0.2) is 15.0 Å². The molecule has 5 nitrogen and oxygen atoms in total. The molecule has 78 valence electrons. The Bertz CT molecular complexity index is 638. The molecule has 0 N–H and O–H groups in total. The van der Waals surface area contributed by atoms with Gasteiger partial charge in [0.15, 0.2) is 17.0 Å². The lowest BCUT2D eigenvalue weighted by Crippen LogP contribution is -2.23. The molecule has 0 fully saturated rings. The fraction of sp³-hybridized carbons (Fsp3) is 0. The summed E-state index contributed by atoms with van der Waals surface area (Å²) < 4.78 is 1.69. The first-order valence-corrected chi connectivity index (χ1v) is 5.41. The molecule has 3 aromatic heterocycles. The van der Waals surface area contributed by atoms with Gasteiger partial charge in [0.05, 0.1) is 4.70 Å². The quantitative estimate of drug-likeness (QED) is 0.468. The van der Waals surface area contributed by atoms with E-state index in [4.69, 9.17) is 0 Å². The molecule has 0 aliphatic rings. The van der Waals surface area contributed by atoms with E-state index in [1.54, 1.807) is 24.5 Å². The van der Waals surface area contributed by atoms with Gasteiger partial charge < -0.3 is 5.21 Å². The van der Waals surface area contributed by atoms with E-state index in [1.807, 2.05) is 0 Å². The van der Waals surface area contributed by atoms with Crippen molar-refractivity contribution in [1.82, 2.24) is 15.0 Å². The monoisotopic (exact) mass is 230 g/mol. The molecule has 0 bridgehead atoms. The van der Waals surface area contributed by atoms with E-state index in [9.17, 15) is 5.21 Å². The minimum absolute atomic E-state index is 0.584. The third-order valence-corrected chi connectivity index (χ3v) is 3.09. The molecule has 0 aliphatic carbocycles. The van der Waals surface area contributed by atoms with Crippen LogP contribution in [0.1, 0.15) is 0 Å². The molecule has 3 rings (SSSR count). The van der Waals surface area contributed by atoms with Crippen molar-refractivity contribution in [3.8, 4) is 10.8 Å². The average Bonchev–Trinajstić information content (AvgIpc) is 2.73. The van der Waals surface area contributed by atoms with Crippen LogP contribution in [0, 0.1) is 5.21 Å². The highest BCUT2D eigenvalue weighted by atomic mass is 32.1. The molecule has 0 saturated heterocycles. The maximum Gasteiger partial charge on any atom is 0.207 e. The summed E-state index contributed by atoms with van der Waals surface area (Å²) in [5, 5.41) is 11.8. The molecule has 0 atom stereocenters. The first-order chi connectivity index (χ1) is 7.83. The maximum absolute atomic E-state index is 11.1. The molecule has 6 heteroatoms. The summed E-state index contributed by atoms with van der Waals surface area (Å²) in [7, 11) is 0. The molecule has 0 spiro atoms. The summed E-state index contributed by atoms with van der Waals surface area (Å²) in [6.45, 7) is 0. The lowest BCUT2D eigenvalue weighted by Gasteiger charge is -1.91. The van der Waals surface area contributed by atoms with E-state index in [2.05, 4.69) is 15.0 Å². The summed E-state index contributed by atoms with van der Waals surface area (Å²) in [6, 6.07) is 3.49. The minimum Gasteiger partial charge on any atom is -0.619 e. The molecular weight excluding hydrogens is 224 g/mol. The highest BCUT2D eigenvalue weighted by molar-refractivity contribution is 7.21. The third-order valence-electron chi connectivity index (χ3n) is 2.06. The summed E-state index contributed by atoms with van der Waals surface area (Å²) in [6.07, 6.45) is 6.23. The van der Waals surface area contributed by atoms with E-state index in [-0.39, 0.29) is 0 Å². The van der Waals surface area contributed by atoms with Gasteiger partial charge >= 0.3 is 0 Å². The average molecular weight is 230 g/mol. The Morgan fingerprint density at radius 3 is 2.88 bits per heavy atom. The number of nitrogens with zero attached hydrogens (tertiary/aromatic N) is 4. The van der Waals surface area contributed by atoms with Crippen molar-refractivity contribution < 1.29 is 4.73 Å². The number of fused-ring (bicyclic) bond motifs is 1. The Kier molecular flexibility index (Phi) is 2.00. The number of rotatable bonds is 1. The van der Waals surface area contributed by atoms with Crippen LogP contribution in [0.15, 0.2) is 36.9 Å². The van der Waals surface area contributed by atoms with Crippen LogP contribution in [-0.2, 0) is 0 Å². The lowest BCUT2D eigenvalue weighted by atomic mass is 10.4. The van der Waals surface area contributed by atoms with E-state index in [1.165, 1.54) is 23.7 Å². The zero-order valence-corrected chi connectivity index (χ0v) is 8.89. The first kappa shape index (κ1) is 9.17. The van der Waals surface area contributed by atoms with Gasteiger partial charge in [0.25, 0.3) is 0 Å². The van der Waals surface area contributed by atoms with Crippen molar-refractivity contribution in [3.63, 3.8) is 0 Å². The smallest absolute Gasteiger partial charge is 0.207 e. The van der Waals surface area contributed by atoms with Gasteiger partial charge in [-0.3, -0.25) is 0 Å².